The molecule has 1 aromatic rings. The van der Waals surface area contributed by atoms with E-state index in [2.05, 4.69) is 17.0 Å². The zero-order chi connectivity index (χ0) is 9.97. The molecule has 0 amide bonds. The number of piperidine rings is 1. The van der Waals surface area contributed by atoms with Gasteiger partial charge in [-0.15, -0.1) is 0 Å². The average molecular weight is 195 g/mol. The molecule has 1 aromatic heterocycles. The highest BCUT2D eigenvalue weighted by Gasteiger charge is 2.25. The molecule has 1 aliphatic rings. The number of hydrogen-bond donors (Lipinski definition) is 1. The van der Waals surface area contributed by atoms with Gasteiger partial charge in [0.2, 0.25) is 0 Å². The van der Waals surface area contributed by atoms with Gasteiger partial charge in [-0.3, -0.25) is 4.90 Å². The molecule has 0 saturated carbocycles. The molecule has 0 aliphatic carbocycles. The van der Waals surface area contributed by atoms with E-state index >= 15 is 0 Å². The molecule has 14 heavy (non-hydrogen) atoms. The third kappa shape index (κ3) is 1.96. The van der Waals surface area contributed by atoms with Crippen LogP contribution in [0.25, 0.3) is 0 Å². The Morgan fingerprint density at radius 2 is 2.57 bits per heavy atom. The summed E-state index contributed by atoms with van der Waals surface area (Å²) in [5, 5.41) is 3.70. The summed E-state index contributed by atoms with van der Waals surface area (Å²) in [5.41, 5.74) is 6.01. The van der Waals surface area contributed by atoms with Gasteiger partial charge in [-0.1, -0.05) is 5.16 Å². The zero-order valence-electron chi connectivity index (χ0n) is 8.52. The van der Waals surface area contributed by atoms with Crippen molar-refractivity contribution in [1.29, 1.82) is 0 Å². The largest absolute Gasteiger partial charge is 0.360 e. The van der Waals surface area contributed by atoms with Crippen LogP contribution >= 0.6 is 0 Å². The second-order valence-electron chi connectivity index (χ2n) is 4.00. The summed E-state index contributed by atoms with van der Waals surface area (Å²) in [6.07, 6.45) is 4.00. The summed E-state index contributed by atoms with van der Waals surface area (Å²) in [5.74, 6) is 0.922. The Hall–Kier alpha value is -0.870. The lowest BCUT2D eigenvalue weighted by atomic mass is 9.98. The molecular formula is C10H17N3O. The number of hydrogen-bond acceptors (Lipinski definition) is 4. The Bertz CT molecular complexity index is 273. The molecule has 78 valence electrons. The summed E-state index contributed by atoms with van der Waals surface area (Å²) in [6, 6.07) is 2.65. The molecule has 4 heteroatoms. The van der Waals surface area contributed by atoms with Gasteiger partial charge in [-0.25, -0.2) is 0 Å². The van der Waals surface area contributed by atoms with E-state index in [1.165, 1.54) is 6.42 Å². The van der Waals surface area contributed by atoms with Crippen molar-refractivity contribution in [3.63, 3.8) is 0 Å². The van der Waals surface area contributed by atoms with Crippen LogP contribution in [0.1, 0.15) is 25.5 Å². The molecule has 2 atom stereocenters. The summed E-state index contributed by atoms with van der Waals surface area (Å²) < 4.78 is 5.09. The van der Waals surface area contributed by atoms with Crippen LogP contribution in [0, 0.1) is 0 Å². The second-order valence-corrected chi connectivity index (χ2v) is 4.00. The van der Waals surface area contributed by atoms with E-state index in [-0.39, 0.29) is 0 Å². The van der Waals surface area contributed by atoms with Gasteiger partial charge in [-0.2, -0.15) is 0 Å². The first-order valence-electron chi connectivity index (χ1n) is 5.16. The van der Waals surface area contributed by atoms with E-state index in [1.807, 2.05) is 6.07 Å². The molecule has 0 bridgehead atoms. The molecule has 1 aliphatic heterocycles. The lowest BCUT2D eigenvalue weighted by Gasteiger charge is -2.36. The highest BCUT2D eigenvalue weighted by molar-refractivity contribution is 4.95. The van der Waals surface area contributed by atoms with Crippen molar-refractivity contribution in [1.82, 2.24) is 10.1 Å². The van der Waals surface area contributed by atoms with Gasteiger partial charge in [0.1, 0.15) is 0 Å². The second kappa shape index (κ2) is 4.11. The molecule has 4 nitrogen and oxygen atoms in total. The van der Waals surface area contributed by atoms with Crippen LogP contribution in [0.5, 0.6) is 0 Å². The fourth-order valence-electron chi connectivity index (χ4n) is 1.99. The summed E-state index contributed by atoms with van der Waals surface area (Å²) in [6.45, 7) is 4.12. The molecule has 2 N–H and O–H groups in total. The molecular weight excluding hydrogens is 178 g/mol. The van der Waals surface area contributed by atoms with Crippen molar-refractivity contribution in [3.8, 4) is 0 Å². The van der Waals surface area contributed by atoms with Crippen LogP contribution in [0.15, 0.2) is 16.8 Å². The Labute approximate surface area is 84.0 Å². The molecule has 2 unspecified atom stereocenters. The van der Waals surface area contributed by atoms with Crippen LogP contribution in [-0.4, -0.2) is 28.7 Å². The van der Waals surface area contributed by atoms with E-state index < -0.39 is 0 Å². The van der Waals surface area contributed by atoms with E-state index in [9.17, 15) is 0 Å². The minimum absolute atomic E-state index is 0.298. The maximum absolute atomic E-state index is 6.01. The minimum atomic E-state index is 0.298. The number of nitrogens with two attached hydrogens (primary N) is 1. The van der Waals surface area contributed by atoms with Gasteiger partial charge in [-0.05, 0) is 26.3 Å². The average Bonchev–Trinajstić information content (AvgIpc) is 2.66. The monoisotopic (exact) mass is 195 g/mol. The predicted octanol–water partition coefficient (Wildman–Crippen LogP) is 0.986. The summed E-state index contributed by atoms with van der Waals surface area (Å²) in [7, 11) is 0. The third-order valence-electron chi connectivity index (χ3n) is 3.03. The molecule has 0 spiro atoms. The Morgan fingerprint density at radius 3 is 3.29 bits per heavy atom. The van der Waals surface area contributed by atoms with Crippen LogP contribution in [0.3, 0.4) is 0 Å². The SMILES string of the molecule is CC1C(N)CCCN1Cc1ccno1. The lowest BCUT2D eigenvalue weighted by Crippen LogP contribution is -2.49. The van der Waals surface area contributed by atoms with Gasteiger partial charge in [0, 0.05) is 18.2 Å². The van der Waals surface area contributed by atoms with Crippen LogP contribution in [0.4, 0.5) is 0 Å². The van der Waals surface area contributed by atoms with Gasteiger partial charge in [0.05, 0.1) is 12.7 Å². The van der Waals surface area contributed by atoms with E-state index in [4.69, 9.17) is 10.3 Å². The Balaban J connectivity index is 1.97. The van der Waals surface area contributed by atoms with Gasteiger partial charge in [0.15, 0.2) is 5.76 Å². The van der Waals surface area contributed by atoms with Crippen LogP contribution < -0.4 is 5.73 Å². The molecule has 2 rings (SSSR count). The maximum Gasteiger partial charge on any atom is 0.150 e. The van der Waals surface area contributed by atoms with Gasteiger partial charge < -0.3 is 10.3 Å². The molecule has 1 saturated heterocycles. The predicted molar refractivity (Wildman–Crippen MR) is 53.6 cm³/mol. The number of rotatable bonds is 2. The Morgan fingerprint density at radius 1 is 1.71 bits per heavy atom. The number of likely N-dealkylation sites (tertiary alicyclic amines) is 1. The maximum atomic E-state index is 6.01. The molecule has 2 heterocycles. The molecule has 1 fully saturated rings. The zero-order valence-corrected chi connectivity index (χ0v) is 8.52. The van der Waals surface area contributed by atoms with Crippen LogP contribution in [0.2, 0.25) is 0 Å². The highest BCUT2D eigenvalue weighted by atomic mass is 16.5. The van der Waals surface area contributed by atoms with Crippen molar-refractivity contribution < 1.29 is 4.52 Å². The van der Waals surface area contributed by atoms with Crippen molar-refractivity contribution in [2.45, 2.75) is 38.4 Å². The third-order valence-corrected chi connectivity index (χ3v) is 3.03. The van der Waals surface area contributed by atoms with Crippen molar-refractivity contribution in [3.05, 3.63) is 18.0 Å². The number of aromatic nitrogens is 1. The van der Waals surface area contributed by atoms with Gasteiger partial charge >= 0.3 is 0 Å². The quantitative estimate of drug-likeness (QED) is 0.764. The first-order chi connectivity index (χ1) is 6.77. The lowest BCUT2D eigenvalue weighted by molar-refractivity contribution is 0.120. The van der Waals surface area contributed by atoms with Crippen molar-refractivity contribution >= 4 is 0 Å². The topological polar surface area (TPSA) is 55.3 Å². The number of nitrogens with zero attached hydrogens (tertiary/aromatic N) is 2. The van der Waals surface area contributed by atoms with Crippen molar-refractivity contribution in [2.75, 3.05) is 6.54 Å². The van der Waals surface area contributed by atoms with Crippen LogP contribution in [-0.2, 0) is 6.54 Å². The summed E-state index contributed by atoms with van der Waals surface area (Å²) >= 11 is 0. The minimum Gasteiger partial charge on any atom is -0.360 e. The van der Waals surface area contributed by atoms with Gasteiger partial charge in [0.25, 0.3) is 0 Å². The first kappa shape index (κ1) is 9.68. The molecule has 0 radical (unpaired) electrons. The highest BCUT2D eigenvalue weighted by Crippen LogP contribution is 2.18. The van der Waals surface area contributed by atoms with E-state index in [0.29, 0.717) is 12.1 Å². The summed E-state index contributed by atoms with van der Waals surface area (Å²) in [4.78, 5) is 2.36. The fourth-order valence-corrected chi connectivity index (χ4v) is 1.99. The van der Waals surface area contributed by atoms with E-state index in [1.54, 1.807) is 6.20 Å². The first-order valence-corrected chi connectivity index (χ1v) is 5.16. The smallest absolute Gasteiger partial charge is 0.150 e. The van der Waals surface area contributed by atoms with E-state index in [0.717, 1.165) is 25.3 Å². The fraction of sp³-hybridized carbons (Fsp3) is 0.700. The Kier molecular flexibility index (Phi) is 2.84. The normalized spacial score (nSPS) is 29.3. The molecule has 0 aromatic carbocycles. The van der Waals surface area contributed by atoms with Crippen molar-refractivity contribution in [2.24, 2.45) is 5.73 Å². The standard InChI is InChI=1S/C10H17N3O/c1-8-10(11)3-2-6-13(8)7-9-4-5-12-14-9/h4-5,8,10H,2-3,6-7,11H2,1H3.